The van der Waals surface area contributed by atoms with Crippen LogP contribution in [0, 0.1) is 6.92 Å². The van der Waals surface area contributed by atoms with Crippen LogP contribution in [0.2, 0.25) is 5.02 Å². The van der Waals surface area contributed by atoms with Gasteiger partial charge in [0.1, 0.15) is 6.54 Å². The molecule has 0 amide bonds. The second kappa shape index (κ2) is 6.20. The van der Waals surface area contributed by atoms with E-state index in [4.69, 9.17) is 11.6 Å². The van der Waals surface area contributed by atoms with Gasteiger partial charge in [0.05, 0.1) is 18.7 Å². The first-order valence-corrected chi connectivity index (χ1v) is 8.17. The monoisotopic (exact) mass is 305 g/mol. The van der Waals surface area contributed by atoms with Crippen molar-refractivity contribution < 1.29 is 4.90 Å². The predicted molar refractivity (Wildman–Crippen MR) is 87.2 cm³/mol. The van der Waals surface area contributed by atoms with E-state index in [-0.39, 0.29) is 5.43 Å². The Morgan fingerprint density at radius 2 is 1.90 bits per heavy atom. The lowest BCUT2D eigenvalue weighted by molar-refractivity contribution is -0.913. The molecule has 0 saturated carbocycles. The number of quaternary nitrogens is 1. The molecule has 21 heavy (non-hydrogen) atoms. The first-order chi connectivity index (χ1) is 10.1. The van der Waals surface area contributed by atoms with Crippen LogP contribution in [0.4, 0.5) is 0 Å². The smallest absolute Gasteiger partial charge is 0.198 e. The lowest BCUT2D eigenvalue weighted by Crippen LogP contribution is -3.10. The fourth-order valence-corrected chi connectivity index (χ4v) is 3.46. The van der Waals surface area contributed by atoms with Crippen LogP contribution < -0.4 is 10.3 Å². The summed E-state index contributed by atoms with van der Waals surface area (Å²) in [4.78, 5) is 17.7. The average Bonchev–Trinajstić information content (AvgIpc) is 2.73. The van der Waals surface area contributed by atoms with Crippen LogP contribution in [0.3, 0.4) is 0 Å². The minimum atomic E-state index is 0.139. The summed E-state index contributed by atoms with van der Waals surface area (Å²) in [7, 11) is 0. The molecule has 1 aromatic heterocycles. The van der Waals surface area contributed by atoms with Gasteiger partial charge < -0.3 is 9.88 Å². The number of rotatable bonds is 2. The highest BCUT2D eigenvalue weighted by Crippen LogP contribution is 2.16. The summed E-state index contributed by atoms with van der Waals surface area (Å²) in [5.41, 5.74) is 2.92. The average molecular weight is 306 g/mol. The first-order valence-electron chi connectivity index (χ1n) is 7.80. The van der Waals surface area contributed by atoms with Crippen molar-refractivity contribution in [3.8, 4) is 0 Å². The number of benzene rings is 1. The number of H-pyrrole nitrogens is 1. The normalized spacial score (nSPS) is 17.0. The van der Waals surface area contributed by atoms with Gasteiger partial charge in [-0.2, -0.15) is 0 Å². The number of hydrogen-bond donors (Lipinski definition) is 2. The maximum Gasteiger partial charge on any atom is 0.198 e. The van der Waals surface area contributed by atoms with Gasteiger partial charge >= 0.3 is 0 Å². The highest BCUT2D eigenvalue weighted by Gasteiger charge is 2.17. The second-order valence-electron chi connectivity index (χ2n) is 6.09. The Hall–Kier alpha value is -1.32. The van der Waals surface area contributed by atoms with Crippen molar-refractivity contribution in [2.75, 3.05) is 13.1 Å². The number of nitrogens with one attached hydrogen (secondary N) is 2. The van der Waals surface area contributed by atoms with E-state index in [1.54, 1.807) is 6.07 Å². The molecule has 0 spiro atoms. The van der Waals surface area contributed by atoms with Gasteiger partial charge in [-0.3, -0.25) is 4.79 Å². The Morgan fingerprint density at radius 3 is 2.62 bits per heavy atom. The van der Waals surface area contributed by atoms with E-state index >= 15 is 0 Å². The molecule has 3 nitrogen and oxygen atoms in total. The Labute approximate surface area is 129 Å². The Morgan fingerprint density at radius 1 is 1.19 bits per heavy atom. The number of halogens is 1. The van der Waals surface area contributed by atoms with Gasteiger partial charge in [0.2, 0.25) is 0 Å². The lowest BCUT2D eigenvalue weighted by Gasteiger charge is -2.18. The maximum absolute atomic E-state index is 12.8. The van der Waals surface area contributed by atoms with Crippen LogP contribution in [0.25, 0.3) is 10.9 Å². The molecule has 0 atom stereocenters. The number of aryl methyl sites for hydroxylation is 1. The van der Waals surface area contributed by atoms with Crippen molar-refractivity contribution in [3.63, 3.8) is 0 Å². The third kappa shape index (κ3) is 3.14. The molecule has 2 aromatic rings. The SMILES string of the molecule is Cc1[nH]c2ccc(Cl)cc2c(=O)c1C[NH+]1CCCCCC1. The predicted octanol–water partition coefficient (Wildman–Crippen LogP) is 2.45. The van der Waals surface area contributed by atoms with Crippen molar-refractivity contribution >= 4 is 22.5 Å². The molecule has 4 heteroatoms. The number of aromatic amines is 1. The minimum Gasteiger partial charge on any atom is -0.358 e. The molecule has 1 aromatic carbocycles. The fourth-order valence-electron chi connectivity index (χ4n) is 3.29. The van der Waals surface area contributed by atoms with E-state index in [1.807, 2.05) is 19.1 Å². The molecule has 112 valence electrons. The molecule has 1 saturated heterocycles. The van der Waals surface area contributed by atoms with Gasteiger partial charge in [0.15, 0.2) is 5.43 Å². The summed E-state index contributed by atoms with van der Waals surface area (Å²) in [6.45, 7) is 5.17. The summed E-state index contributed by atoms with van der Waals surface area (Å²) in [6.07, 6.45) is 5.19. The Bertz CT molecular complexity index is 700. The Kier molecular flexibility index (Phi) is 4.32. The van der Waals surface area contributed by atoms with Crippen molar-refractivity contribution in [3.05, 3.63) is 44.7 Å². The van der Waals surface area contributed by atoms with E-state index in [2.05, 4.69) is 4.98 Å². The summed E-state index contributed by atoms with van der Waals surface area (Å²) >= 11 is 6.04. The van der Waals surface area contributed by atoms with Crippen molar-refractivity contribution in [2.24, 2.45) is 0 Å². The van der Waals surface area contributed by atoms with Crippen molar-refractivity contribution in [1.82, 2.24) is 4.98 Å². The van der Waals surface area contributed by atoms with Crippen LogP contribution in [-0.4, -0.2) is 18.1 Å². The van der Waals surface area contributed by atoms with Gasteiger partial charge in [-0.05, 0) is 50.8 Å². The summed E-state index contributed by atoms with van der Waals surface area (Å²) in [6, 6.07) is 5.48. The van der Waals surface area contributed by atoms with Gasteiger partial charge in [0.25, 0.3) is 0 Å². The molecule has 2 N–H and O–H groups in total. The number of likely N-dealkylation sites (tertiary alicyclic amines) is 1. The van der Waals surface area contributed by atoms with E-state index in [9.17, 15) is 4.79 Å². The molecule has 1 aliphatic rings. The Balaban J connectivity index is 1.99. The topological polar surface area (TPSA) is 37.3 Å². The molecular weight excluding hydrogens is 284 g/mol. The molecule has 0 unspecified atom stereocenters. The molecule has 0 radical (unpaired) electrons. The van der Waals surface area contributed by atoms with Crippen LogP contribution in [0.5, 0.6) is 0 Å². The maximum atomic E-state index is 12.8. The fraction of sp³-hybridized carbons (Fsp3) is 0.471. The third-order valence-electron chi connectivity index (χ3n) is 4.51. The highest BCUT2D eigenvalue weighted by atomic mass is 35.5. The van der Waals surface area contributed by atoms with Crippen LogP contribution in [0.15, 0.2) is 23.0 Å². The number of hydrogen-bond acceptors (Lipinski definition) is 1. The highest BCUT2D eigenvalue weighted by molar-refractivity contribution is 6.31. The number of aromatic nitrogens is 1. The van der Waals surface area contributed by atoms with Crippen LogP contribution in [0.1, 0.15) is 36.9 Å². The van der Waals surface area contributed by atoms with E-state index < -0.39 is 0 Å². The zero-order valence-electron chi connectivity index (χ0n) is 12.5. The molecular formula is C17H22ClN2O+. The van der Waals surface area contributed by atoms with E-state index in [0.717, 1.165) is 23.3 Å². The van der Waals surface area contributed by atoms with E-state index in [1.165, 1.54) is 43.7 Å². The lowest BCUT2D eigenvalue weighted by atomic mass is 10.1. The van der Waals surface area contributed by atoms with Gasteiger partial charge in [-0.1, -0.05) is 11.6 Å². The van der Waals surface area contributed by atoms with Crippen LogP contribution >= 0.6 is 11.6 Å². The second-order valence-corrected chi connectivity index (χ2v) is 6.53. The molecule has 0 aliphatic carbocycles. The standard InChI is InChI=1S/C17H21ClN2O/c1-12-15(11-20-8-4-2-3-5-9-20)17(21)14-10-13(18)6-7-16(14)19-12/h6-7,10H,2-5,8-9,11H2,1H3,(H,19,21)/p+1. The summed E-state index contributed by atoms with van der Waals surface area (Å²) < 4.78 is 0. The minimum absolute atomic E-state index is 0.139. The van der Waals surface area contributed by atoms with Gasteiger partial charge in [-0.25, -0.2) is 0 Å². The molecule has 0 bridgehead atoms. The molecule has 2 heterocycles. The summed E-state index contributed by atoms with van der Waals surface area (Å²) in [5.74, 6) is 0. The zero-order chi connectivity index (χ0) is 14.8. The van der Waals surface area contributed by atoms with Gasteiger partial charge in [-0.15, -0.1) is 0 Å². The van der Waals surface area contributed by atoms with Crippen molar-refractivity contribution in [2.45, 2.75) is 39.2 Å². The molecule has 1 aliphatic heterocycles. The van der Waals surface area contributed by atoms with E-state index in [0.29, 0.717) is 10.4 Å². The quantitative estimate of drug-likeness (QED) is 0.878. The largest absolute Gasteiger partial charge is 0.358 e. The third-order valence-corrected chi connectivity index (χ3v) is 4.75. The van der Waals surface area contributed by atoms with Crippen molar-refractivity contribution in [1.29, 1.82) is 0 Å². The molecule has 1 fully saturated rings. The molecule has 3 rings (SSSR count). The van der Waals surface area contributed by atoms with Crippen LogP contribution in [-0.2, 0) is 6.54 Å². The number of fused-ring (bicyclic) bond motifs is 1. The summed E-state index contributed by atoms with van der Waals surface area (Å²) in [5, 5.41) is 1.32. The number of pyridine rings is 1. The van der Waals surface area contributed by atoms with Gasteiger partial charge in [0, 0.05) is 21.6 Å². The first kappa shape index (κ1) is 14.6. The zero-order valence-corrected chi connectivity index (χ0v) is 13.2.